The number of nitrogens with one attached hydrogen (secondary N) is 1. The summed E-state index contributed by atoms with van der Waals surface area (Å²) in [6, 6.07) is 0. The maximum atomic E-state index is 4.97. The highest BCUT2D eigenvalue weighted by atomic mass is 16.5. The summed E-state index contributed by atoms with van der Waals surface area (Å²) in [7, 11) is 3.73. The zero-order valence-electron chi connectivity index (χ0n) is 10.8. The summed E-state index contributed by atoms with van der Waals surface area (Å²) in [4.78, 5) is 0. The predicted octanol–water partition coefficient (Wildman–Crippen LogP) is 1.21. The van der Waals surface area contributed by atoms with Gasteiger partial charge in [0.25, 0.3) is 0 Å². The molecule has 0 aliphatic heterocycles. The van der Waals surface area contributed by atoms with Crippen LogP contribution in [-0.4, -0.2) is 36.6 Å². The summed E-state index contributed by atoms with van der Waals surface area (Å²) in [5.41, 5.74) is 3.85. The van der Waals surface area contributed by atoms with Gasteiger partial charge in [0.15, 0.2) is 0 Å². The number of aromatic nitrogens is 2. The molecule has 1 aromatic rings. The molecule has 1 heterocycles. The van der Waals surface area contributed by atoms with Gasteiger partial charge in [0.1, 0.15) is 0 Å². The van der Waals surface area contributed by atoms with Crippen LogP contribution in [0.25, 0.3) is 0 Å². The molecule has 0 bridgehead atoms. The minimum absolute atomic E-state index is 0.783. The summed E-state index contributed by atoms with van der Waals surface area (Å²) >= 11 is 0. The Kier molecular flexibility index (Phi) is 5.49. The molecule has 1 N–H and O–H groups in total. The van der Waals surface area contributed by atoms with E-state index < -0.39 is 0 Å². The molecule has 0 saturated carbocycles. The van der Waals surface area contributed by atoms with Crippen LogP contribution in [0.15, 0.2) is 0 Å². The molecule has 4 nitrogen and oxygen atoms in total. The fourth-order valence-electron chi connectivity index (χ4n) is 1.87. The Labute approximate surface area is 98.0 Å². The lowest BCUT2D eigenvalue weighted by molar-refractivity contribution is 0.199. The normalized spacial score (nSPS) is 11.0. The van der Waals surface area contributed by atoms with E-state index in [0.29, 0.717) is 0 Å². The Bertz CT molecular complexity index is 320. The maximum Gasteiger partial charge on any atom is 0.0628 e. The predicted molar refractivity (Wildman–Crippen MR) is 65.7 cm³/mol. The lowest BCUT2D eigenvalue weighted by atomic mass is 10.1. The largest absolute Gasteiger partial charge is 0.383 e. The first-order chi connectivity index (χ1) is 7.66. The highest BCUT2D eigenvalue weighted by Crippen LogP contribution is 2.13. The van der Waals surface area contributed by atoms with Crippen molar-refractivity contribution in [3.63, 3.8) is 0 Å². The summed E-state index contributed by atoms with van der Waals surface area (Å²) in [5, 5.41) is 7.77. The molecule has 92 valence electrons. The first-order valence-electron chi connectivity index (χ1n) is 5.85. The Morgan fingerprint density at radius 2 is 2.06 bits per heavy atom. The van der Waals surface area contributed by atoms with Gasteiger partial charge in [-0.2, -0.15) is 5.10 Å². The van der Waals surface area contributed by atoms with Crippen LogP contribution in [0.3, 0.4) is 0 Å². The standard InChI is InChI=1S/C12H23N3O/c1-10-12(11(2)15(3)14-10)6-5-7-13-8-9-16-4/h13H,5-9H2,1-4H3. The summed E-state index contributed by atoms with van der Waals surface area (Å²) in [5.74, 6) is 0. The number of ether oxygens (including phenoxy) is 1. The van der Waals surface area contributed by atoms with Gasteiger partial charge in [0.2, 0.25) is 0 Å². The fourth-order valence-corrected chi connectivity index (χ4v) is 1.87. The van der Waals surface area contributed by atoms with Crippen LogP contribution < -0.4 is 5.32 Å². The van der Waals surface area contributed by atoms with E-state index in [4.69, 9.17) is 4.74 Å². The number of methoxy groups -OCH3 is 1. The third-order valence-electron chi connectivity index (χ3n) is 2.92. The molecule has 1 rings (SSSR count). The van der Waals surface area contributed by atoms with Crippen molar-refractivity contribution < 1.29 is 4.74 Å². The van der Waals surface area contributed by atoms with E-state index in [1.165, 1.54) is 11.3 Å². The minimum atomic E-state index is 0.783. The van der Waals surface area contributed by atoms with Gasteiger partial charge in [-0.3, -0.25) is 4.68 Å². The van der Waals surface area contributed by atoms with Crippen molar-refractivity contribution in [3.8, 4) is 0 Å². The molecule has 0 aliphatic rings. The molecule has 1 aromatic heterocycles. The molecule has 0 radical (unpaired) electrons. The molecule has 16 heavy (non-hydrogen) atoms. The second-order valence-corrected chi connectivity index (χ2v) is 4.12. The van der Waals surface area contributed by atoms with Crippen molar-refractivity contribution >= 4 is 0 Å². The van der Waals surface area contributed by atoms with Gasteiger partial charge in [-0.25, -0.2) is 0 Å². The van der Waals surface area contributed by atoms with Crippen molar-refractivity contribution in [2.24, 2.45) is 7.05 Å². The van der Waals surface area contributed by atoms with Crippen LogP contribution in [0, 0.1) is 13.8 Å². The average Bonchev–Trinajstić information content (AvgIpc) is 2.49. The van der Waals surface area contributed by atoms with Gasteiger partial charge < -0.3 is 10.1 Å². The zero-order chi connectivity index (χ0) is 12.0. The first-order valence-corrected chi connectivity index (χ1v) is 5.85. The van der Waals surface area contributed by atoms with Crippen LogP contribution >= 0.6 is 0 Å². The SMILES string of the molecule is COCCNCCCc1c(C)nn(C)c1C. The molecule has 0 saturated heterocycles. The number of hydrogen-bond donors (Lipinski definition) is 1. The quantitative estimate of drug-likeness (QED) is 0.709. The molecular formula is C12H23N3O. The minimum Gasteiger partial charge on any atom is -0.383 e. The fraction of sp³-hybridized carbons (Fsp3) is 0.750. The average molecular weight is 225 g/mol. The van der Waals surface area contributed by atoms with Crippen molar-refractivity contribution in [2.45, 2.75) is 26.7 Å². The Hall–Kier alpha value is -0.870. The molecular weight excluding hydrogens is 202 g/mol. The molecule has 0 aliphatic carbocycles. The molecule has 0 amide bonds. The molecule has 0 spiro atoms. The van der Waals surface area contributed by atoms with Gasteiger partial charge in [-0.05, 0) is 38.8 Å². The van der Waals surface area contributed by atoms with Gasteiger partial charge in [-0.1, -0.05) is 0 Å². The summed E-state index contributed by atoms with van der Waals surface area (Å²) < 4.78 is 6.93. The monoisotopic (exact) mass is 225 g/mol. The van der Waals surface area contributed by atoms with E-state index in [9.17, 15) is 0 Å². The number of aryl methyl sites for hydroxylation is 2. The number of rotatable bonds is 7. The van der Waals surface area contributed by atoms with Crippen LogP contribution in [0.2, 0.25) is 0 Å². The van der Waals surface area contributed by atoms with Crippen LogP contribution in [0.4, 0.5) is 0 Å². The van der Waals surface area contributed by atoms with Crippen molar-refractivity contribution in [2.75, 3.05) is 26.8 Å². The Balaban J connectivity index is 2.26. The van der Waals surface area contributed by atoms with E-state index >= 15 is 0 Å². The van der Waals surface area contributed by atoms with Gasteiger partial charge in [-0.15, -0.1) is 0 Å². The van der Waals surface area contributed by atoms with Gasteiger partial charge in [0.05, 0.1) is 12.3 Å². The van der Waals surface area contributed by atoms with Gasteiger partial charge >= 0.3 is 0 Å². The van der Waals surface area contributed by atoms with Crippen molar-refractivity contribution in [3.05, 3.63) is 17.0 Å². The molecule has 0 unspecified atom stereocenters. The number of hydrogen-bond acceptors (Lipinski definition) is 3. The smallest absolute Gasteiger partial charge is 0.0628 e. The maximum absolute atomic E-state index is 4.97. The molecule has 0 aromatic carbocycles. The second kappa shape index (κ2) is 6.66. The van der Waals surface area contributed by atoms with Crippen LogP contribution in [0.1, 0.15) is 23.4 Å². The topological polar surface area (TPSA) is 39.1 Å². The molecule has 0 atom stereocenters. The summed E-state index contributed by atoms with van der Waals surface area (Å²) in [6.45, 7) is 6.97. The molecule has 0 fully saturated rings. The second-order valence-electron chi connectivity index (χ2n) is 4.12. The third-order valence-corrected chi connectivity index (χ3v) is 2.92. The Morgan fingerprint density at radius 3 is 2.62 bits per heavy atom. The highest BCUT2D eigenvalue weighted by Gasteiger charge is 2.07. The molecule has 4 heteroatoms. The van der Waals surface area contributed by atoms with Crippen LogP contribution in [-0.2, 0) is 18.2 Å². The van der Waals surface area contributed by atoms with E-state index in [1.807, 2.05) is 11.7 Å². The lowest BCUT2D eigenvalue weighted by Gasteiger charge is -2.04. The Morgan fingerprint density at radius 1 is 1.31 bits per heavy atom. The van der Waals surface area contributed by atoms with E-state index in [0.717, 1.165) is 38.2 Å². The summed E-state index contributed by atoms with van der Waals surface area (Å²) in [6.07, 6.45) is 2.25. The van der Waals surface area contributed by atoms with E-state index in [2.05, 4.69) is 24.3 Å². The number of nitrogens with zero attached hydrogens (tertiary/aromatic N) is 2. The van der Waals surface area contributed by atoms with Crippen LogP contribution in [0.5, 0.6) is 0 Å². The first kappa shape index (κ1) is 13.2. The van der Waals surface area contributed by atoms with Crippen molar-refractivity contribution in [1.29, 1.82) is 0 Å². The van der Waals surface area contributed by atoms with E-state index in [-0.39, 0.29) is 0 Å². The van der Waals surface area contributed by atoms with Gasteiger partial charge in [0, 0.05) is 26.4 Å². The third kappa shape index (κ3) is 3.61. The zero-order valence-corrected chi connectivity index (χ0v) is 10.8. The lowest BCUT2D eigenvalue weighted by Crippen LogP contribution is -2.20. The van der Waals surface area contributed by atoms with Crippen molar-refractivity contribution in [1.82, 2.24) is 15.1 Å². The van der Waals surface area contributed by atoms with E-state index in [1.54, 1.807) is 7.11 Å². The highest BCUT2D eigenvalue weighted by molar-refractivity contribution is 5.24.